The predicted octanol–water partition coefficient (Wildman–Crippen LogP) is 6.45. The third-order valence-corrected chi connectivity index (χ3v) is 6.71. The third kappa shape index (κ3) is 6.92. The van der Waals surface area contributed by atoms with Crippen LogP contribution in [0.15, 0.2) is 59.5 Å². The molecular formula is C26H29NO4S2. The number of carboxylic acids is 1. The monoisotopic (exact) mass is 483 g/mol. The first-order chi connectivity index (χ1) is 16.0. The normalized spacial score (nSPS) is 15.8. The highest BCUT2D eigenvalue weighted by Crippen LogP contribution is 2.38. The molecule has 1 saturated heterocycles. The van der Waals surface area contributed by atoms with Crippen LogP contribution in [0.5, 0.6) is 5.75 Å². The quantitative estimate of drug-likeness (QED) is 0.212. The predicted molar refractivity (Wildman–Crippen MR) is 137 cm³/mol. The fraction of sp³-hybridized carbons (Fsp3) is 0.346. The minimum atomic E-state index is -1.15. The number of benzene rings is 2. The van der Waals surface area contributed by atoms with Crippen LogP contribution in [0, 0.1) is 0 Å². The van der Waals surface area contributed by atoms with Gasteiger partial charge in [0, 0.05) is 0 Å². The molecule has 1 aliphatic heterocycles. The number of unbranched alkanes of at least 4 members (excludes halogenated alkanes) is 5. The Morgan fingerprint density at radius 1 is 1.06 bits per heavy atom. The summed E-state index contributed by atoms with van der Waals surface area (Å²) >= 11 is 6.48. The largest absolute Gasteiger partial charge is 0.494 e. The highest BCUT2D eigenvalue weighted by atomic mass is 32.2. The van der Waals surface area contributed by atoms with Gasteiger partial charge in [0.05, 0.1) is 11.5 Å². The van der Waals surface area contributed by atoms with Crippen molar-refractivity contribution in [2.75, 3.05) is 6.61 Å². The van der Waals surface area contributed by atoms with Gasteiger partial charge in [0.2, 0.25) is 0 Å². The van der Waals surface area contributed by atoms with Crippen LogP contribution in [0.1, 0.15) is 62.6 Å². The Hall–Kier alpha value is -2.64. The van der Waals surface area contributed by atoms with Crippen molar-refractivity contribution < 1.29 is 19.4 Å². The summed E-state index contributed by atoms with van der Waals surface area (Å²) in [4.78, 5) is 26.6. The zero-order valence-corrected chi connectivity index (χ0v) is 20.4. The Labute approximate surface area is 204 Å². The number of aliphatic carboxylic acids is 1. The smallest absolute Gasteiger partial charge is 0.331 e. The van der Waals surface area contributed by atoms with Crippen LogP contribution in [-0.2, 0) is 9.59 Å². The Morgan fingerprint density at radius 2 is 1.73 bits per heavy atom. The molecule has 1 unspecified atom stereocenters. The van der Waals surface area contributed by atoms with Gasteiger partial charge in [0.15, 0.2) is 6.04 Å². The van der Waals surface area contributed by atoms with Gasteiger partial charge in [-0.05, 0) is 35.8 Å². The van der Waals surface area contributed by atoms with Gasteiger partial charge in [-0.25, -0.2) is 4.79 Å². The first-order valence-electron chi connectivity index (χ1n) is 11.3. The Bertz CT molecular complexity index is 989. The molecule has 5 nitrogen and oxygen atoms in total. The minimum absolute atomic E-state index is 0.237. The summed E-state index contributed by atoms with van der Waals surface area (Å²) in [6.07, 6.45) is 9.04. The van der Waals surface area contributed by atoms with Crippen molar-refractivity contribution in [2.24, 2.45) is 0 Å². The molecule has 1 N–H and O–H groups in total. The Morgan fingerprint density at radius 3 is 2.39 bits per heavy atom. The molecule has 33 heavy (non-hydrogen) atoms. The molecule has 1 heterocycles. The van der Waals surface area contributed by atoms with Crippen LogP contribution in [0.4, 0.5) is 0 Å². The van der Waals surface area contributed by atoms with E-state index in [9.17, 15) is 14.7 Å². The van der Waals surface area contributed by atoms with Crippen LogP contribution in [0.25, 0.3) is 6.08 Å². The average Bonchev–Trinajstić information content (AvgIpc) is 3.08. The Balaban J connectivity index is 1.61. The van der Waals surface area contributed by atoms with E-state index in [4.69, 9.17) is 17.0 Å². The lowest BCUT2D eigenvalue weighted by Gasteiger charge is -2.23. The number of thiocarbonyl (C=S) groups is 1. The highest BCUT2D eigenvalue weighted by Gasteiger charge is 2.41. The van der Waals surface area contributed by atoms with Gasteiger partial charge >= 0.3 is 5.97 Å². The number of carboxylic acid groups (broad SMARTS) is 1. The van der Waals surface area contributed by atoms with Crippen molar-refractivity contribution in [1.82, 2.24) is 4.90 Å². The number of carbonyl (C=O) groups is 2. The number of carbonyl (C=O) groups excluding carboxylic acids is 1. The molecule has 0 spiro atoms. The second-order valence-corrected chi connectivity index (χ2v) is 9.56. The summed E-state index contributed by atoms with van der Waals surface area (Å²) in [5.41, 5.74) is 1.34. The lowest BCUT2D eigenvalue weighted by molar-refractivity contribution is -0.145. The van der Waals surface area contributed by atoms with Gasteiger partial charge in [0.1, 0.15) is 10.1 Å². The van der Waals surface area contributed by atoms with Gasteiger partial charge in [-0.1, -0.05) is 105 Å². The molecule has 1 amide bonds. The minimum Gasteiger partial charge on any atom is -0.494 e. The van der Waals surface area contributed by atoms with Crippen molar-refractivity contribution in [3.8, 4) is 5.75 Å². The van der Waals surface area contributed by atoms with E-state index in [1.165, 1.54) is 37.0 Å². The lowest BCUT2D eigenvalue weighted by Crippen LogP contribution is -2.37. The molecule has 2 aromatic carbocycles. The SMILES string of the molecule is CCCCCCCCOc1ccc(C=C2SC(=S)N(C(C(=O)O)c3ccccc3)C2=O)cc1. The number of amides is 1. The molecule has 2 aromatic rings. The first kappa shape index (κ1) is 25.0. The average molecular weight is 484 g/mol. The van der Waals surface area contributed by atoms with E-state index in [0.29, 0.717) is 17.1 Å². The van der Waals surface area contributed by atoms with Crippen LogP contribution in [0.2, 0.25) is 0 Å². The summed E-state index contributed by atoms with van der Waals surface area (Å²) in [7, 11) is 0. The third-order valence-electron chi connectivity index (χ3n) is 5.38. The number of ether oxygens (including phenoxy) is 1. The number of hydrogen-bond donors (Lipinski definition) is 1. The molecule has 0 radical (unpaired) electrons. The summed E-state index contributed by atoms with van der Waals surface area (Å²) < 4.78 is 6.05. The number of hydrogen-bond acceptors (Lipinski definition) is 5. The van der Waals surface area contributed by atoms with E-state index in [1.807, 2.05) is 24.3 Å². The van der Waals surface area contributed by atoms with Gasteiger partial charge in [-0.2, -0.15) is 0 Å². The summed E-state index contributed by atoms with van der Waals surface area (Å²) in [5, 5.41) is 9.78. The topological polar surface area (TPSA) is 66.8 Å². The van der Waals surface area contributed by atoms with Crippen molar-refractivity contribution in [1.29, 1.82) is 0 Å². The molecule has 0 bridgehead atoms. The van der Waals surface area contributed by atoms with Crippen LogP contribution < -0.4 is 4.74 Å². The zero-order valence-electron chi connectivity index (χ0n) is 18.7. The molecule has 0 aromatic heterocycles. The standard InChI is InChI=1S/C26H29NO4S2/c1-2-3-4-5-6-10-17-31-21-15-13-19(14-16-21)18-22-24(28)27(26(32)33-22)23(25(29)30)20-11-8-7-9-12-20/h7-9,11-16,18,23H,2-6,10,17H2,1H3,(H,29,30). The van der Waals surface area contributed by atoms with Crippen molar-refractivity contribution in [3.63, 3.8) is 0 Å². The van der Waals surface area contributed by atoms with Gasteiger partial charge in [-0.3, -0.25) is 9.69 Å². The van der Waals surface area contributed by atoms with Gasteiger partial charge < -0.3 is 9.84 Å². The van der Waals surface area contributed by atoms with E-state index in [0.717, 1.165) is 29.5 Å². The number of nitrogens with zero attached hydrogens (tertiary/aromatic N) is 1. The van der Waals surface area contributed by atoms with E-state index in [-0.39, 0.29) is 4.32 Å². The maximum atomic E-state index is 13.0. The van der Waals surface area contributed by atoms with E-state index < -0.39 is 17.9 Å². The highest BCUT2D eigenvalue weighted by molar-refractivity contribution is 8.26. The Kier molecular flexibility index (Phi) is 9.51. The number of thioether (sulfide) groups is 1. The molecule has 1 atom stereocenters. The fourth-order valence-electron chi connectivity index (χ4n) is 3.62. The summed E-state index contributed by atoms with van der Waals surface area (Å²) in [5.74, 6) is -0.724. The summed E-state index contributed by atoms with van der Waals surface area (Å²) in [6.45, 7) is 2.91. The molecule has 7 heteroatoms. The summed E-state index contributed by atoms with van der Waals surface area (Å²) in [6, 6.07) is 15.0. The van der Waals surface area contributed by atoms with Gasteiger partial charge in [-0.15, -0.1) is 0 Å². The van der Waals surface area contributed by atoms with Crippen molar-refractivity contribution >= 4 is 46.3 Å². The van der Waals surface area contributed by atoms with Crippen LogP contribution >= 0.6 is 24.0 Å². The molecule has 0 aliphatic carbocycles. The molecule has 1 aliphatic rings. The van der Waals surface area contributed by atoms with Crippen LogP contribution in [-0.4, -0.2) is 32.8 Å². The fourth-order valence-corrected chi connectivity index (χ4v) is 4.94. The molecule has 3 rings (SSSR count). The zero-order chi connectivity index (χ0) is 23.6. The van der Waals surface area contributed by atoms with E-state index in [2.05, 4.69) is 6.92 Å². The van der Waals surface area contributed by atoms with Crippen LogP contribution in [0.3, 0.4) is 0 Å². The maximum absolute atomic E-state index is 13.0. The maximum Gasteiger partial charge on any atom is 0.331 e. The first-order valence-corrected chi connectivity index (χ1v) is 12.5. The van der Waals surface area contributed by atoms with Crippen molar-refractivity contribution in [2.45, 2.75) is 51.5 Å². The lowest BCUT2D eigenvalue weighted by atomic mass is 10.1. The molecule has 1 fully saturated rings. The molecule has 174 valence electrons. The number of rotatable bonds is 12. The molecule has 0 saturated carbocycles. The second kappa shape index (κ2) is 12.6. The van der Waals surface area contributed by atoms with Crippen molar-refractivity contribution in [3.05, 3.63) is 70.6 Å². The molecular weight excluding hydrogens is 454 g/mol. The second-order valence-electron chi connectivity index (χ2n) is 7.89. The van der Waals surface area contributed by atoms with Gasteiger partial charge in [0.25, 0.3) is 5.91 Å². The van der Waals surface area contributed by atoms with E-state index >= 15 is 0 Å². The van der Waals surface area contributed by atoms with E-state index in [1.54, 1.807) is 36.4 Å².